The molecule has 1 amide bonds. The van der Waals surface area contributed by atoms with E-state index in [0.29, 0.717) is 23.6 Å². The molecule has 0 aliphatic heterocycles. The Hall–Kier alpha value is -3.53. The van der Waals surface area contributed by atoms with Gasteiger partial charge in [0.15, 0.2) is 5.03 Å². The minimum absolute atomic E-state index is 0.0231. The van der Waals surface area contributed by atoms with Crippen LogP contribution >= 0.6 is 0 Å². The van der Waals surface area contributed by atoms with Gasteiger partial charge in [0.2, 0.25) is 5.88 Å². The predicted octanol–water partition coefficient (Wildman–Crippen LogP) is 5.39. The number of nitrogens with one attached hydrogen (secondary N) is 1. The summed E-state index contributed by atoms with van der Waals surface area (Å²) in [5.41, 5.74) is 0.576. The highest BCUT2D eigenvalue weighted by molar-refractivity contribution is 7.90. The van der Waals surface area contributed by atoms with Crippen molar-refractivity contribution >= 4 is 15.9 Å². The Labute approximate surface area is 222 Å². The second kappa shape index (κ2) is 11.1. The summed E-state index contributed by atoms with van der Waals surface area (Å²) in [6.07, 6.45) is 3.74. The van der Waals surface area contributed by atoms with E-state index in [2.05, 4.69) is 28.5 Å². The van der Waals surface area contributed by atoms with Gasteiger partial charge in [0.1, 0.15) is 23.2 Å². The second-order valence-corrected chi connectivity index (χ2v) is 12.1. The van der Waals surface area contributed by atoms with Gasteiger partial charge in [0.05, 0.1) is 12.3 Å². The van der Waals surface area contributed by atoms with Crippen LogP contribution in [-0.4, -0.2) is 37.0 Å². The fourth-order valence-electron chi connectivity index (χ4n) is 4.30. The number of hydrogen-bond donors (Lipinski definition) is 1. The molecule has 1 atom stereocenters. The van der Waals surface area contributed by atoms with Crippen molar-refractivity contribution in [3.8, 4) is 22.9 Å². The highest BCUT2D eigenvalue weighted by Gasteiger charge is 2.37. The van der Waals surface area contributed by atoms with Gasteiger partial charge in [-0.1, -0.05) is 33.8 Å². The van der Waals surface area contributed by atoms with E-state index in [0.717, 1.165) is 19.3 Å². The van der Waals surface area contributed by atoms with Crippen LogP contribution in [0.4, 0.5) is 4.39 Å². The fraction of sp³-hybridized carbons (Fsp3) is 0.393. The molecule has 1 aliphatic carbocycles. The van der Waals surface area contributed by atoms with Gasteiger partial charge in [-0.3, -0.25) is 4.79 Å². The van der Waals surface area contributed by atoms with Gasteiger partial charge < -0.3 is 9.47 Å². The summed E-state index contributed by atoms with van der Waals surface area (Å²) in [5.74, 6) is -0.801. The summed E-state index contributed by atoms with van der Waals surface area (Å²) in [6, 6.07) is 11.6. The first kappa shape index (κ1) is 27.5. The van der Waals surface area contributed by atoms with E-state index < -0.39 is 21.7 Å². The zero-order chi connectivity index (χ0) is 27.5. The van der Waals surface area contributed by atoms with Crippen LogP contribution in [0.5, 0.6) is 11.6 Å². The molecule has 10 heteroatoms. The third-order valence-corrected chi connectivity index (χ3v) is 7.65. The first-order valence-electron chi connectivity index (χ1n) is 12.5. The minimum Gasteiger partial charge on any atom is -0.493 e. The fourth-order valence-corrected chi connectivity index (χ4v) is 5.22. The van der Waals surface area contributed by atoms with Crippen molar-refractivity contribution in [1.29, 1.82) is 0 Å². The van der Waals surface area contributed by atoms with Crippen LogP contribution < -0.4 is 14.2 Å². The first-order valence-corrected chi connectivity index (χ1v) is 14.0. The lowest BCUT2D eigenvalue weighted by Crippen LogP contribution is -2.33. The van der Waals surface area contributed by atoms with Gasteiger partial charge >= 0.3 is 0 Å². The van der Waals surface area contributed by atoms with Crippen LogP contribution in [-0.2, 0) is 10.0 Å². The van der Waals surface area contributed by atoms with Crippen LogP contribution in [0.25, 0.3) is 11.3 Å². The van der Waals surface area contributed by atoms with E-state index in [9.17, 15) is 17.6 Å². The lowest BCUT2D eigenvalue weighted by molar-refractivity contribution is 0.0898. The number of hydrogen-bond acceptors (Lipinski definition) is 7. The molecule has 3 aromatic rings. The summed E-state index contributed by atoms with van der Waals surface area (Å²) in [7, 11) is -4.22. The Morgan fingerprint density at radius 2 is 1.97 bits per heavy atom. The minimum atomic E-state index is -4.22. The van der Waals surface area contributed by atoms with Gasteiger partial charge in [-0.2, -0.15) is 8.42 Å². The number of halogens is 1. The number of carbonyl (C=O) groups is 1. The molecule has 1 N–H and O–H groups in total. The van der Waals surface area contributed by atoms with Gasteiger partial charge in [-0.15, -0.1) is 0 Å². The lowest BCUT2D eigenvalue weighted by Gasteiger charge is -2.28. The molecule has 0 bridgehead atoms. The van der Waals surface area contributed by atoms with Crippen molar-refractivity contribution in [2.75, 3.05) is 6.61 Å². The van der Waals surface area contributed by atoms with Crippen molar-refractivity contribution in [3.05, 3.63) is 66.1 Å². The Kier molecular flexibility index (Phi) is 8.01. The van der Waals surface area contributed by atoms with Crippen molar-refractivity contribution in [2.24, 2.45) is 11.3 Å². The Bertz CT molecular complexity index is 1410. The molecular formula is C28H32FN3O5S. The zero-order valence-electron chi connectivity index (χ0n) is 21.9. The van der Waals surface area contributed by atoms with E-state index in [1.165, 1.54) is 42.6 Å². The van der Waals surface area contributed by atoms with E-state index in [4.69, 9.17) is 9.47 Å². The quantitative estimate of drug-likeness (QED) is 0.387. The normalized spacial score (nSPS) is 16.8. The summed E-state index contributed by atoms with van der Waals surface area (Å²) >= 11 is 0. The van der Waals surface area contributed by atoms with Crippen LogP contribution in [0.2, 0.25) is 0 Å². The molecule has 1 aromatic carbocycles. The molecule has 1 unspecified atom stereocenters. The number of pyridine rings is 2. The maximum atomic E-state index is 14.4. The van der Waals surface area contributed by atoms with Gasteiger partial charge in [0, 0.05) is 23.2 Å². The molecule has 202 valence electrons. The molecule has 2 aromatic heterocycles. The summed E-state index contributed by atoms with van der Waals surface area (Å²) in [6.45, 7) is 8.56. The molecule has 1 saturated carbocycles. The van der Waals surface area contributed by atoms with Crippen LogP contribution in [0.15, 0.2) is 59.8 Å². The number of amides is 1. The summed E-state index contributed by atoms with van der Waals surface area (Å²) < 4.78 is 53.9. The Morgan fingerprint density at radius 1 is 1.18 bits per heavy atom. The van der Waals surface area contributed by atoms with E-state index in [1.807, 2.05) is 13.8 Å². The molecule has 0 spiro atoms. The van der Waals surface area contributed by atoms with Gasteiger partial charge in [-0.25, -0.2) is 19.1 Å². The average molecular weight is 542 g/mol. The molecule has 8 nitrogen and oxygen atoms in total. The van der Waals surface area contributed by atoms with Crippen LogP contribution in [0.1, 0.15) is 57.3 Å². The highest BCUT2D eigenvalue weighted by atomic mass is 32.2. The molecule has 0 radical (unpaired) electrons. The van der Waals surface area contributed by atoms with Crippen molar-refractivity contribution < 1.29 is 27.1 Å². The molecule has 38 heavy (non-hydrogen) atoms. The van der Waals surface area contributed by atoms with Crippen molar-refractivity contribution in [3.63, 3.8) is 0 Å². The Balaban J connectivity index is 1.71. The maximum absolute atomic E-state index is 14.4. The van der Waals surface area contributed by atoms with Gasteiger partial charge in [0.25, 0.3) is 15.9 Å². The number of sulfonamides is 1. The largest absolute Gasteiger partial charge is 0.493 e. The molecule has 2 heterocycles. The SMILES string of the molecule is CC(C)COc1cc(F)cc(-c2ccc(C(=O)NS(=O)(=O)c3ccccn3)c(OC3CCCC3(C)C)n2)c1. The number of benzene rings is 1. The average Bonchev–Trinajstić information content (AvgIpc) is 3.20. The monoisotopic (exact) mass is 541 g/mol. The number of nitrogens with zero attached hydrogens (tertiary/aromatic N) is 2. The van der Waals surface area contributed by atoms with Crippen LogP contribution in [0, 0.1) is 17.2 Å². The number of aromatic nitrogens is 2. The topological polar surface area (TPSA) is 107 Å². The molecule has 0 saturated heterocycles. The Morgan fingerprint density at radius 3 is 2.63 bits per heavy atom. The third kappa shape index (κ3) is 6.48. The van der Waals surface area contributed by atoms with Crippen molar-refractivity contribution in [2.45, 2.75) is 58.1 Å². The van der Waals surface area contributed by atoms with Crippen LogP contribution in [0.3, 0.4) is 0 Å². The number of carbonyl (C=O) groups excluding carboxylic acids is 1. The summed E-state index contributed by atoms with van der Waals surface area (Å²) in [5, 5.41) is -0.286. The molecular weight excluding hydrogens is 509 g/mol. The molecule has 1 fully saturated rings. The standard InChI is InChI=1S/C28H32FN3O5S/c1-18(2)17-36-21-15-19(14-20(29)16-21)23-11-10-22(27(31-23)37-24-8-7-12-28(24,3)4)26(33)32-38(34,35)25-9-5-6-13-30-25/h5-6,9-11,13-16,18,24H,7-8,12,17H2,1-4H3,(H,32,33). The maximum Gasteiger partial charge on any atom is 0.281 e. The summed E-state index contributed by atoms with van der Waals surface area (Å²) in [4.78, 5) is 21.6. The number of ether oxygens (including phenoxy) is 2. The first-order chi connectivity index (χ1) is 17.9. The molecule has 4 rings (SSSR count). The number of rotatable bonds is 9. The third-order valence-electron chi connectivity index (χ3n) is 6.41. The van der Waals surface area contributed by atoms with Crippen molar-refractivity contribution in [1.82, 2.24) is 14.7 Å². The highest BCUT2D eigenvalue weighted by Crippen LogP contribution is 2.40. The zero-order valence-corrected chi connectivity index (χ0v) is 22.7. The van der Waals surface area contributed by atoms with E-state index in [1.54, 1.807) is 12.1 Å². The second-order valence-electron chi connectivity index (χ2n) is 10.5. The van der Waals surface area contributed by atoms with Gasteiger partial charge in [-0.05, 0) is 61.6 Å². The van der Waals surface area contributed by atoms with E-state index >= 15 is 0 Å². The lowest BCUT2D eigenvalue weighted by atomic mass is 9.89. The smallest absolute Gasteiger partial charge is 0.281 e. The van der Waals surface area contributed by atoms with E-state index in [-0.39, 0.29) is 33.9 Å². The molecule has 1 aliphatic rings. The predicted molar refractivity (Wildman–Crippen MR) is 141 cm³/mol.